The van der Waals surface area contributed by atoms with Gasteiger partial charge in [-0.05, 0) is 19.9 Å². The molecule has 98 valence electrons. The minimum Gasteiger partial charge on any atom is -0.507 e. The molecular weight excluding hydrogens is 252 g/mol. The van der Waals surface area contributed by atoms with Crippen molar-refractivity contribution < 1.29 is 23.8 Å². The van der Waals surface area contributed by atoms with E-state index in [0.717, 1.165) is 12.2 Å². The van der Waals surface area contributed by atoms with E-state index in [1.54, 1.807) is 0 Å². The first-order valence-corrected chi connectivity index (χ1v) is 5.38. The molecule has 2 heterocycles. The Morgan fingerprint density at radius 3 is 2.47 bits per heavy atom. The third-order valence-corrected chi connectivity index (χ3v) is 2.45. The summed E-state index contributed by atoms with van der Waals surface area (Å²) in [5.74, 6) is -1.43. The van der Waals surface area contributed by atoms with Crippen LogP contribution in [0.4, 0.5) is 0 Å². The lowest BCUT2D eigenvalue weighted by atomic mass is 10.1. The zero-order valence-electron chi connectivity index (χ0n) is 10.2. The van der Waals surface area contributed by atoms with Crippen molar-refractivity contribution in [2.45, 2.75) is 13.8 Å². The van der Waals surface area contributed by atoms with Crippen molar-refractivity contribution in [3.8, 4) is 5.75 Å². The number of aryl methyl sites for hydroxylation is 1. The van der Waals surface area contributed by atoms with Crippen molar-refractivity contribution in [1.82, 2.24) is 0 Å². The van der Waals surface area contributed by atoms with Gasteiger partial charge in [-0.3, -0.25) is 4.79 Å². The van der Waals surface area contributed by atoms with Crippen LogP contribution in [0, 0.1) is 6.92 Å². The number of hydrogen-bond acceptors (Lipinski definition) is 6. The van der Waals surface area contributed by atoms with Gasteiger partial charge in [-0.2, -0.15) is 0 Å². The predicted molar refractivity (Wildman–Crippen MR) is 64.2 cm³/mol. The van der Waals surface area contributed by atoms with Gasteiger partial charge in [0.2, 0.25) is 0 Å². The average Bonchev–Trinajstić information content (AvgIpc) is 2.25. The van der Waals surface area contributed by atoms with Gasteiger partial charge in [0.05, 0.1) is 0 Å². The van der Waals surface area contributed by atoms with E-state index in [9.17, 15) is 19.5 Å². The molecule has 0 aliphatic carbocycles. The van der Waals surface area contributed by atoms with Crippen LogP contribution in [0.1, 0.15) is 18.2 Å². The second kappa shape index (κ2) is 4.56. The molecule has 0 atom stereocenters. The van der Waals surface area contributed by atoms with Crippen LogP contribution in [0.5, 0.6) is 5.75 Å². The van der Waals surface area contributed by atoms with E-state index in [4.69, 9.17) is 9.15 Å². The van der Waals surface area contributed by atoms with Gasteiger partial charge in [0, 0.05) is 12.1 Å². The number of ketones is 1. The Hall–Kier alpha value is -2.63. The summed E-state index contributed by atoms with van der Waals surface area (Å²) in [5, 5.41) is 9.64. The van der Waals surface area contributed by atoms with Gasteiger partial charge < -0.3 is 14.3 Å². The largest absolute Gasteiger partial charge is 0.507 e. The van der Waals surface area contributed by atoms with Gasteiger partial charge in [-0.1, -0.05) is 0 Å². The van der Waals surface area contributed by atoms with Crippen LogP contribution in [-0.2, 0) is 14.3 Å². The fourth-order valence-electron chi connectivity index (χ4n) is 1.61. The zero-order chi connectivity index (χ0) is 14.2. The van der Waals surface area contributed by atoms with Crippen LogP contribution in [0.25, 0.3) is 6.08 Å². The van der Waals surface area contributed by atoms with Crippen LogP contribution in [0.15, 0.2) is 32.7 Å². The number of rotatable bonds is 1. The maximum Gasteiger partial charge on any atom is 0.347 e. The Labute approximate surface area is 107 Å². The molecule has 1 aromatic heterocycles. The molecule has 0 aromatic carbocycles. The van der Waals surface area contributed by atoms with E-state index in [0.29, 0.717) is 0 Å². The monoisotopic (exact) mass is 262 g/mol. The van der Waals surface area contributed by atoms with Gasteiger partial charge in [0.25, 0.3) is 0 Å². The molecule has 1 aliphatic heterocycles. The minimum absolute atomic E-state index is 0.173. The number of aromatic hydroxyl groups is 1. The molecule has 0 saturated carbocycles. The molecule has 0 spiro atoms. The van der Waals surface area contributed by atoms with E-state index >= 15 is 0 Å². The Morgan fingerprint density at radius 1 is 1.21 bits per heavy atom. The van der Waals surface area contributed by atoms with Crippen molar-refractivity contribution in [3.05, 3.63) is 45.2 Å². The highest BCUT2D eigenvalue weighted by Crippen LogP contribution is 2.21. The van der Waals surface area contributed by atoms with Crippen LogP contribution < -0.4 is 5.63 Å². The summed E-state index contributed by atoms with van der Waals surface area (Å²) < 4.78 is 9.55. The molecule has 0 unspecified atom stereocenters. The number of cyclic esters (lactones) is 1. The Bertz CT molecular complexity index is 690. The summed E-state index contributed by atoms with van der Waals surface area (Å²) in [6, 6.07) is 1.22. The molecule has 0 saturated heterocycles. The number of allylic oxidation sites excluding steroid dienone is 2. The second-order valence-corrected chi connectivity index (χ2v) is 4.01. The lowest BCUT2D eigenvalue weighted by Crippen LogP contribution is -2.20. The fraction of sp³-hybridized carbons (Fsp3) is 0.154. The number of esters is 1. The van der Waals surface area contributed by atoms with Crippen LogP contribution >= 0.6 is 0 Å². The molecule has 0 amide bonds. The topological polar surface area (TPSA) is 93.8 Å². The van der Waals surface area contributed by atoms with Gasteiger partial charge in [-0.15, -0.1) is 0 Å². The zero-order valence-corrected chi connectivity index (χ0v) is 10.2. The van der Waals surface area contributed by atoms with Crippen molar-refractivity contribution in [3.63, 3.8) is 0 Å². The smallest absolute Gasteiger partial charge is 0.347 e. The van der Waals surface area contributed by atoms with Gasteiger partial charge in [0.1, 0.15) is 28.4 Å². The van der Waals surface area contributed by atoms with E-state index in [-0.39, 0.29) is 28.4 Å². The first-order chi connectivity index (χ1) is 8.88. The van der Waals surface area contributed by atoms with Gasteiger partial charge >= 0.3 is 11.6 Å². The normalized spacial score (nSPS) is 17.4. The number of ether oxygens (including phenoxy) is 1. The minimum atomic E-state index is -0.871. The number of carbonyl (C=O) groups excluding carboxylic acids is 2. The first-order valence-electron chi connectivity index (χ1n) is 5.38. The van der Waals surface area contributed by atoms with Crippen LogP contribution in [0.2, 0.25) is 0 Å². The Balaban J connectivity index is 2.57. The molecule has 1 aromatic rings. The maximum absolute atomic E-state index is 11.6. The molecule has 0 fully saturated rings. The maximum atomic E-state index is 11.6. The fourth-order valence-corrected chi connectivity index (χ4v) is 1.61. The SMILES string of the molecule is CC1=CC(=O)/C(=C\c2c(O)cc(C)oc2=O)C(=O)O1. The molecule has 2 rings (SSSR count). The average molecular weight is 262 g/mol. The molecule has 19 heavy (non-hydrogen) atoms. The number of carbonyl (C=O) groups is 2. The third-order valence-electron chi connectivity index (χ3n) is 2.45. The van der Waals surface area contributed by atoms with E-state index in [2.05, 4.69) is 0 Å². The molecule has 1 aliphatic rings. The summed E-state index contributed by atoms with van der Waals surface area (Å²) >= 11 is 0. The van der Waals surface area contributed by atoms with E-state index < -0.39 is 17.4 Å². The van der Waals surface area contributed by atoms with Crippen molar-refractivity contribution in [2.75, 3.05) is 0 Å². The highest BCUT2D eigenvalue weighted by Gasteiger charge is 2.25. The number of hydrogen-bond donors (Lipinski definition) is 1. The highest BCUT2D eigenvalue weighted by atomic mass is 16.5. The van der Waals surface area contributed by atoms with E-state index in [1.807, 2.05) is 0 Å². The highest BCUT2D eigenvalue weighted by molar-refractivity contribution is 6.26. The summed E-state index contributed by atoms with van der Waals surface area (Å²) in [6.07, 6.45) is 2.09. The molecule has 6 nitrogen and oxygen atoms in total. The molecular formula is C13H10O6. The molecule has 0 bridgehead atoms. The summed E-state index contributed by atoms with van der Waals surface area (Å²) in [5.41, 5.74) is -1.44. The Kier molecular flexibility index (Phi) is 3.08. The lowest BCUT2D eigenvalue weighted by Gasteiger charge is -2.11. The standard InChI is InChI=1S/C13H10O6/c1-6-3-10(14)8(12(16)18-6)5-9-11(15)4-7(2)19-13(9)17/h3-5,14H,1-2H3/b9-5+. The van der Waals surface area contributed by atoms with Gasteiger partial charge in [-0.25, -0.2) is 9.59 Å². The summed E-state index contributed by atoms with van der Waals surface area (Å²) in [6.45, 7) is 2.95. The molecule has 0 radical (unpaired) electrons. The van der Waals surface area contributed by atoms with E-state index in [1.165, 1.54) is 19.9 Å². The van der Waals surface area contributed by atoms with Crippen molar-refractivity contribution in [1.29, 1.82) is 0 Å². The quantitative estimate of drug-likeness (QED) is 0.462. The van der Waals surface area contributed by atoms with Crippen LogP contribution in [-0.4, -0.2) is 16.9 Å². The van der Waals surface area contributed by atoms with Crippen LogP contribution in [0.3, 0.4) is 0 Å². The summed E-state index contributed by atoms with van der Waals surface area (Å²) in [7, 11) is 0. The first kappa shape index (κ1) is 12.8. The third kappa shape index (κ3) is 2.47. The van der Waals surface area contributed by atoms with Crippen molar-refractivity contribution in [2.24, 2.45) is 0 Å². The summed E-state index contributed by atoms with van der Waals surface area (Å²) in [4.78, 5) is 34.8. The Morgan fingerprint density at radius 2 is 1.89 bits per heavy atom. The second-order valence-electron chi connectivity index (χ2n) is 4.01. The molecule has 1 N–H and O–H groups in total. The predicted octanol–water partition coefficient (Wildman–Crippen LogP) is 1.07. The molecule has 6 heteroatoms. The van der Waals surface area contributed by atoms with Gasteiger partial charge in [0.15, 0.2) is 5.78 Å². The van der Waals surface area contributed by atoms with Crippen molar-refractivity contribution >= 4 is 17.8 Å². The lowest BCUT2D eigenvalue weighted by molar-refractivity contribution is -0.137.